The van der Waals surface area contributed by atoms with Crippen molar-refractivity contribution in [3.63, 3.8) is 0 Å². The molecule has 1 atom stereocenters. The third-order valence-electron chi connectivity index (χ3n) is 3.45. The zero-order valence-electron chi connectivity index (χ0n) is 12.8. The van der Waals surface area contributed by atoms with Crippen molar-refractivity contribution in [3.05, 3.63) is 64.7 Å². The lowest BCUT2D eigenvalue weighted by Gasteiger charge is -2.15. The minimum absolute atomic E-state index is 0.0119. The molecule has 0 saturated heterocycles. The number of carbonyl (C=O) groups is 1. The predicted molar refractivity (Wildman–Crippen MR) is 89.3 cm³/mol. The summed E-state index contributed by atoms with van der Waals surface area (Å²) < 4.78 is 5.53. The molecule has 0 heterocycles. The first-order valence-electron chi connectivity index (χ1n) is 7.35. The highest BCUT2D eigenvalue weighted by molar-refractivity contribution is 6.31. The van der Waals surface area contributed by atoms with E-state index in [-0.39, 0.29) is 18.6 Å². The van der Waals surface area contributed by atoms with Crippen LogP contribution in [0.5, 0.6) is 5.75 Å². The quantitative estimate of drug-likeness (QED) is 0.868. The van der Waals surface area contributed by atoms with Crippen LogP contribution in [0.3, 0.4) is 0 Å². The van der Waals surface area contributed by atoms with E-state index < -0.39 is 0 Å². The third kappa shape index (κ3) is 4.50. The minimum atomic E-state index is -0.149. The average molecular weight is 318 g/mol. The molecular weight excluding hydrogens is 298 g/mol. The summed E-state index contributed by atoms with van der Waals surface area (Å²) in [6.45, 7) is 3.96. The fraction of sp³-hybridized carbons (Fsp3) is 0.278. The lowest BCUT2D eigenvalue weighted by Crippen LogP contribution is -2.31. The molecule has 116 valence electrons. The first-order valence-corrected chi connectivity index (χ1v) is 7.73. The van der Waals surface area contributed by atoms with Crippen molar-refractivity contribution in [2.45, 2.75) is 26.3 Å². The highest BCUT2D eigenvalue weighted by Gasteiger charge is 2.10. The summed E-state index contributed by atoms with van der Waals surface area (Å²) in [5.41, 5.74) is 2.08. The van der Waals surface area contributed by atoms with Crippen molar-refractivity contribution in [2.75, 3.05) is 6.61 Å². The smallest absolute Gasteiger partial charge is 0.258 e. The topological polar surface area (TPSA) is 38.3 Å². The molecule has 2 aromatic rings. The maximum Gasteiger partial charge on any atom is 0.258 e. The summed E-state index contributed by atoms with van der Waals surface area (Å²) in [7, 11) is 0. The molecule has 0 aliphatic carbocycles. The van der Waals surface area contributed by atoms with E-state index in [4.69, 9.17) is 16.3 Å². The van der Waals surface area contributed by atoms with Gasteiger partial charge >= 0.3 is 0 Å². The Morgan fingerprint density at radius 2 is 1.95 bits per heavy atom. The molecule has 4 heteroatoms. The van der Waals surface area contributed by atoms with Gasteiger partial charge in [-0.15, -0.1) is 0 Å². The van der Waals surface area contributed by atoms with Gasteiger partial charge in [-0.2, -0.15) is 0 Å². The number of nitrogens with one attached hydrogen (secondary N) is 1. The van der Waals surface area contributed by atoms with E-state index in [9.17, 15) is 4.79 Å². The van der Waals surface area contributed by atoms with Crippen LogP contribution in [0.4, 0.5) is 0 Å². The Morgan fingerprint density at radius 1 is 1.23 bits per heavy atom. The predicted octanol–water partition coefficient (Wildman–Crippen LogP) is 4.16. The Balaban J connectivity index is 1.88. The normalized spacial score (nSPS) is 11.8. The van der Waals surface area contributed by atoms with E-state index in [1.54, 1.807) is 12.1 Å². The van der Waals surface area contributed by atoms with E-state index in [2.05, 4.69) is 5.32 Å². The van der Waals surface area contributed by atoms with Crippen LogP contribution in [0.1, 0.15) is 31.0 Å². The largest absolute Gasteiger partial charge is 0.484 e. The van der Waals surface area contributed by atoms with Crippen molar-refractivity contribution >= 4 is 17.5 Å². The second-order valence-electron chi connectivity index (χ2n) is 5.10. The molecule has 0 bridgehead atoms. The highest BCUT2D eigenvalue weighted by Crippen LogP contribution is 2.22. The van der Waals surface area contributed by atoms with E-state index in [0.29, 0.717) is 5.75 Å². The van der Waals surface area contributed by atoms with Gasteiger partial charge in [0.25, 0.3) is 5.91 Å². The fourth-order valence-corrected chi connectivity index (χ4v) is 2.42. The van der Waals surface area contributed by atoms with Gasteiger partial charge in [0.05, 0.1) is 6.04 Å². The Kier molecular flexibility index (Phi) is 5.84. The molecule has 0 aliphatic heterocycles. The van der Waals surface area contributed by atoms with Gasteiger partial charge in [0.15, 0.2) is 6.61 Å². The molecule has 22 heavy (non-hydrogen) atoms. The lowest BCUT2D eigenvalue weighted by atomic mass is 10.1. The summed E-state index contributed by atoms with van der Waals surface area (Å²) >= 11 is 6.06. The first kappa shape index (κ1) is 16.4. The van der Waals surface area contributed by atoms with E-state index in [0.717, 1.165) is 22.6 Å². The molecule has 0 aliphatic rings. The standard InChI is InChI=1S/C18H20ClNO2/c1-3-14-11-16(9-10-17(14)19)22-12-18(21)20-13(2)15-7-5-4-6-8-15/h4-11,13H,3,12H2,1-2H3,(H,20,21)/t13-/m1/s1. The maximum atomic E-state index is 12.0. The minimum Gasteiger partial charge on any atom is -0.484 e. The first-order chi connectivity index (χ1) is 10.6. The molecule has 0 unspecified atom stereocenters. The molecule has 1 amide bonds. The van der Waals surface area contributed by atoms with Crippen molar-refractivity contribution in [2.24, 2.45) is 0 Å². The number of amides is 1. The summed E-state index contributed by atoms with van der Waals surface area (Å²) in [5.74, 6) is 0.508. The Morgan fingerprint density at radius 3 is 2.64 bits per heavy atom. The van der Waals surface area contributed by atoms with Crippen LogP contribution in [0.15, 0.2) is 48.5 Å². The summed E-state index contributed by atoms with van der Waals surface area (Å²) in [6.07, 6.45) is 0.827. The number of hydrogen-bond donors (Lipinski definition) is 1. The van der Waals surface area contributed by atoms with Crippen LogP contribution >= 0.6 is 11.6 Å². The number of aryl methyl sites for hydroxylation is 1. The van der Waals surface area contributed by atoms with Crippen LogP contribution < -0.4 is 10.1 Å². The highest BCUT2D eigenvalue weighted by atomic mass is 35.5. The Hall–Kier alpha value is -2.00. The van der Waals surface area contributed by atoms with Gasteiger partial charge in [-0.3, -0.25) is 4.79 Å². The molecule has 3 nitrogen and oxygen atoms in total. The lowest BCUT2D eigenvalue weighted by molar-refractivity contribution is -0.123. The fourth-order valence-electron chi connectivity index (χ4n) is 2.17. The van der Waals surface area contributed by atoms with E-state index >= 15 is 0 Å². The second kappa shape index (κ2) is 7.85. The summed E-state index contributed by atoms with van der Waals surface area (Å²) in [4.78, 5) is 12.0. The molecule has 0 spiro atoms. The van der Waals surface area contributed by atoms with Gasteiger partial charge < -0.3 is 10.1 Å². The zero-order valence-corrected chi connectivity index (χ0v) is 13.6. The number of ether oxygens (including phenoxy) is 1. The van der Waals surface area contributed by atoms with Crippen molar-refractivity contribution in [1.29, 1.82) is 0 Å². The SMILES string of the molecule is CCc1cc(OCC(=O)N[C@H](C)c2ccccc2)ccc1Cl. The molecular formula is C18H20ClNO2. The molecule has 0 radical (unpaired) electrons. The van der Waals surface area contributed by atoms with Crippen molar-refractivity contribution < 1.29 is 9.53 Å². The summed E-state index contributed by atoms with van der Waals surface area (Å²) in [5, 5.41) is 3.64. The van der Waals surface area contributed by atoms with Crippen LogP contribution in [-0.2, 0) is 11.2 Å². The van der Waals surface area contributed by atoms with Gasteiger partial charge in [-0.25, -0.2) is 0 Å². The number of benzene rings is 2. The Labute approximate surface area is 136 Å². The van der Waals surface area contributed by atoms with Gasteiger partial charge in [-0.05, 0) is 42.7 Å². The molecule has 1 N–H and O–H groups in total. The van der Waals surface area contributed by atoms with E-state index in [1.165, 1.54) is 0 Å². The van der Waals surface area contributed by atoms with Gasteiger partial charge in [0.2, 0.25) is 0 Å². The molecule has 2 rings (SSSR count). The zero-order chi connectivity index (χ0) is 15.9. The van der Waals surface area contributed by atoms with Crippen LogP contribution in [-0.4, -0.2) is 12.5 Å². The average Bonchev–Trinajstić information content (AvgIpc) is 2.55. The van der Waals surface area contributed by atoms with Crippen molar-refractivity contribution in [1.82, 2.24) is 5.32 Å². The summed E-state index contributed by atoms with van der Waals surface area (Å²) in [6, 6.07) is 15.2. The number of carbonyl (C=O) groups excluding carboxylic acids is 1. The Bertz CT molecular complexity index is 628. The molecule has 0 saturated carbocycles. The van der Waals surface area contributed by atoms with Gasteiger partial charge in [0, 0.05) is 5.02 Å². The number of halogens is 1. The van der Waals surface area contributed by atoms with Crippen LogP contribution in [0.25, 0.3) is 0 Å². The van der Waals surface area contributed by atoms with Crippen molar-refractivity contribution in [3.8, 4) is 5.75 Å². The van der Waals surface area contributed by atoms with Crippen LogP contribution in [0, 0.1) is 0 Å². The van der Waals surface area contributed by atoms with Gasteiger partial charge in [0.1, 0.15) is 5.75 Å². The maximum absolute atomic E-state index is 12.0. The molecule has 2 aromatic carbocycles. The second-order valence-corrected chi connectivity index (χ2v) is 5.50. The monoisotopic (exact) mass is 317 g/mol. The molecule has 0 fully saturated rings. The number of rotatable bonds is 6. The molecule has 0 aromatic heterocycles. The van der Waals surface area contributed by atoms with E-state index in [1.807, 2.05) is 50.2 Å². The third-order valence-corrected chi connectivity index (χ3v) is 3.81. The number of hydrogen-bond acceptors (Lipinski definition) is 2. The van der Waals surface area contributed by atoms with Crippen LogP contribution in [0.2, 0.25) is 5.02 Å². The van der Waals surface area contributed by atoms with Gasteiger partial charge in [-0.1, -0.05) is 48.9 Å².